The molecule has 0 amide bonds. The normalized spacial score (nSPS) is 14.1. The number of nitrogens with zero attached hydrogens (tertiary/aromatic N) is 1. The second-order valence-corrected chi connectivity index (χ2v) is 3.84. The summed E-state index contributed by atoms with van der Waals surface area (Å²) < 4.78 is 0. The molecule has 2 N–H and O–H groups in total. The highest BCUT2D eigenvalue weighted by Crippen LogP contribution is 2.13. The Morgan fingerprint density at radius 3 is 2.00 bits per heavy atom. The summed E-state index contributed by atoms with van der Waals surface area (Å²) in [6.07, 6.45) is 4.10. The number of nitrogens with two attached hydrogens (primary N) is 1. The Morgan fingerprint density at radius 2 is 1.69 bits per heavy atom. The van der Waals surface area contributed by atoms with Crippen LogP contribution in [-0.2, 0) is 0 Å². The number of rotatable bonds is 7. The largest absolute Gasteiger partial charge is 0.316 e. The van der Waals surface area contributed by atoms with E-state index in [4.69, 9.17) is 5.73 Å². The fourth-order valence-corrected chi connectivity index (χ4v) is 1.70. The molecule has 1 atom stereocenters. The molecule has 0 saturated carbocycles. The summed E-state index contributed by atoms with van der Waals surface area (Å²) in [6, 6.07) is 0. The molecule has 0 radical (unpaired) electrons. The second kappa shape index (κ2) is 7.34. The van der Waals surface area contributed by atoms with E-state index in [1.54, 1.807) is 0 Å². The van der Waals surface area contributed by atoms with Crippen LogP contribution < -0.4 is 5.73 Å². The molecule has 0 rings (SSSR count). The highest BCUT2D eigenvalue weighted by Gasteiger charge is 2.09. The Balaban J connectivity index is 3.69. The molecule has 0 heterocycles. The molecule has 0 aromatic carbocycles. The molecule has 1 unspecified atom stereocenters. The predicted octanol–water partition coefficient (Wildman–Crippen LogP) is 2.44. The minimum Gasteiger partial charge on any atom is -0.316 e. The van der Waals surface area contributed by atoms with E-state index in [0.717, 1.165) is 19.0 Å². The van der Waals surface area contributed by atoms with Crippen molar-refractivity contribution in [2.24, 2.45) is 11.7 Å². The molecule has 0 aliphatic heterocycles. The summed E-state index contributed by atoms with van der Waals surface area (Å²) >= 11 is 0. The maximum Gasteiger partial charge on any atom is 0.0542 e. The molecule has 13 heavy (non-hydrogen) atoms. The van der Waals surface area contributed by atoms with Gasteiger partial charge in [0.2, 0.25) is 0 Å². The van der Waals surface area contributed by atoms with Gasteiger partial charge in [-0.25, -0.2) is 0 Å². The Labute approximate surface area is 83.5 Å². The van der Waals surface area contributed by atoms with Crippen LogP contribution in [0.1, 0.15) is 47.0 Å². The van der Waals surface area contributed by atoms with E-state index < -0.39 is 0 Å². The zero-order valence-corrected chi connectivity index (χ0v) is 9.71. The van der Waals surface area contributed by atoms with Crippen LogP contribution >= 0.6 is 0 Å². The van der Waals surface area contributed by atoms with Crippen LogP contribution in [0.3, 0.4) is 0 Å². The first-order chi connectivity index (χ1) is 6.15. The third kappa shape index (κ3) is 5.27. The molecule has 0 aliphatic carbocycles. The first kappa shape index (κ1) is 12.9. The highest BCUT2D eigenvalue weighted by atomic mass is 15.2. The molecule has 2 heteroatoms. The van der Waals surface area contributed by atoms with Crippen molar-refractivity contribution < 1.29 is 0 Å². The summed E-state index contributed by atoms with van der Waals surface area (Å²) in [5.41, 5.74) is 5.84. The van der Waals surface area contributed by atoms with Crippen LogP contribution in [-0.4, -0.2) is 24.2 Å². The first-order valence-corrected chi connectivity index (χ1v) is 5.65. The molecule has 0 aromatic heterocycles. The van der Waals surface area contributed by atoms with Gasteiger partial charge >= 0.3 is 0 Å². The van der Waals surface area contributed by atoms with Gasteiger partial charge < -0.3 is 5.73 Å². The van der Waals surface area contributed by atoms with Gasteiger partial charge in [0, 0.05) is 0 Å². The van der Waals surface area contributed by atoms with Gasteiger partial charge in [-0.1, -0.05) is 33.6 Å². The Hall–Kier alpha value is -0.0800. The Kier molecular flexibility index (Phi) is 7.29. The van der Waals surface area contributed by atoms with Crippen LogP contribution in [0, 0.1) is 5.92 Å². The lowest BCUT2D eigenvalue weighted by atomic mass is 9.99. The smallest absolute Gasteiger partial charge is 0.0542 e. The molecule has 0 aromatic rings. The van der Waals surface area contributed by atoms with E-state index in [9.17, 15) is 0 Å². The molecule has 0 aliphatic rings. The standard InChI is InChI=1S/C11H26N2/c1-5-11(6-2)8-9-13(7-3)10(4)12/h10-11H,5-9,12H2,1-4H3. The van der Waals surface area contributed by atoms with Gasteiger partial charge in [-0.2, -0.15) is 0 Å². The lowest BCUT2D eigenvalue weighted by Crippen LogP contribution is -2.40. The summed E-state index contributed by atoms with van der Waals surface area (Å²) in [4.78, 5) is 2.33. The lowest BCUT2D eigenvalue weighted by molar-refractivity contribution is 0.205. The fourth-order valence-electron chi connectivity index (χ4n) is 1.70. The van der Waals surface area contributed by atoms with Crippen LogP contribution in [0.15, 0.2) is 0 Å². The van der Waals surface area contributed by atoms with Crippen molar-refractivity contribution in [2.75, 3.05) is 13.1 Å². The highest BCUT2D eigenvalue weighted by molar-refractivity contribution is 4.63. The van der Waals surface area contributed by atoms with Gasteiger partial charge in [0.05, 0.1) is 6.17 Å². The average molecular weight is 186 g/mol. The maximum atomic E-state index is 5.84. The van der Waals surface area contributed by atoms with Crippen LogP contribution in [0.5, 0.6) is 0 Å². The monoisotopic (exact) mass is 186 g/mol. The van der Waals surface area contributed by atoms with Gasteiger partial charge in [-0.05, 0) is 32.4 Å². The van der Waals surface area contributed by atoms with Crippen LogP contribution in [0.25, 0.3) is 0 Å². The zero-order chi connectivity index (χ0) is 10.3. The van der Waals surface area contributed by atoms with Crippen molar-refractivity contribution in [3.8, 4) is 0 Å². The number of hydrogen-bond donors (Lipinski definition) is 1. The number of hydrogen-bond acceptors (Lipinski definition) is 2. The molecule has 0 spiro atoms. The van der Waals surface area contributed by atoms with E-state index in [1.165, 1.54) is 19.3 Å². The quantitative estimate of drug-likeness (QED) is 0.619. The predicted molar refractivity (Wildman–Crippen MR) is 59.6 cm³/mol. The van der Waals surface area contributed by atoms with Crippen LogP contribution in [0.2, 0.25) is 0 Å². The van der Waals surface area contributed by atoms with E-state index in [0.29, 0.717) is 0 Å². The van der Waals surface area contributed by atoms with Gasteiger partial charge in [0.25, 0.3) is 0 Å². The summed E-state index contributed by atoms with van der Waals surface area (Å²) in [6.45, 7) is 11.0. The Bertz CT molecular complexity index is 109. The molecule has 0 fully saturated rings. The average Bonchev–Trinajstić information content (AvgIpc) is 2.12. The SMILES string of the molecule is CCC(CC)CCN(CC)C(C)N. The second-order valence-electron chi connectivity index (χ2n) is 3.84. The van der Waals surface area contributed by atoms with E-state index in [1.807, 2.05) is 0 Å². The summed E-state index contributed by atoms with van der Waals surface area (Å²) in [5, 5.41) is 0. The van der Waals surface area contributed by atoms with Gasteiger partial charge in [0.15, 0.2) is 0 Å². The van der Waals surface area contributed by atoms with Crippen molar-refractivity contribution in [1.82, 2.24) is 4.90 Å². The van der Waals surface area contributed by atoms with Crippen molar-refractivity contribution in [1.29, 1.82) is 0 Å². The van der Waals surface area contributed by atoms with Crippen molar-refractivity contribution in [3.63, 3.8) is 0 Å². The third-order valence-corrected chi connectivity index (χ3v) is 2.96. The van der Waals surface area contributed by atoms with E-state index in [2.05, 4.69) is 32.6 Å². The Morgan fingerprint density at radius 1 is 1.15 bits per heavy atom. The lowest BCUT2D eigenvalue weighted by Gasteiger charge is -2.26. The summed E-state index contributed by atoms with van der Waals surface area (Å²) in [7, 11) is 0. The molecular weight excluding hydrogens is 160 g/mol. The van der Waals surface area contributed by atoms with E-state index >= 15 is 0 Å². The maximum absolute atomic E-state index is 5.84. The minimum atomic E-state index is 0.208. The van der Waals surface area contributed by atoms with Gasteiger partial charge in [-0.3, -0.25) is 4.90 Å². The van der Waals surface area contributed by atoms with Crippen molar-refractivity contribution in [2.45, 2.75) is 53.1 Å². The molecule has 2 nitrogen and oxygen atoms in total. The van der Waals surface area contributed by atoms with Crippen molar-refractivity contribution >= 4 is 0 Å². The molecule has 80 valence electrons. The van der Waals surface area contributed by atoms with Gasteiger partial charge in [0.1, 0.15) is 0 Å². The van der Waals surface area contributed by atoms with Gasteiger partial charge in [-0.15, -0.1) is 0 Å². The zero-order valence-electron chi connectivity index (χ0n) is 9.71. The minimum absolute atomic E-state index is 0.208. The topological polar surface area (TPSA) is 29.3 Å². The first-order valence-electron chi connectivity index (χ1n) is 5.65. The third-order valence-electron chi connectivity index (χ3n) is 2.96. The summed E-state index contributed by atoms with van der Waals surface area (Å²) in [5.74, 6) is 0.882. The molecule has 0 saturated heterocycles. The van der Waals surface area contributed by atoms with Crippen LogP contribution in [0.4, 0.5) is 0 Å². The van der Waals surface area contributed by atoms with E-state index in [-0.39, 0.29) is 6.17 Å². The van der Waals surface area contributed by atoms with Crippen molar-refractivity contribution in [3.05, 3.63) is 0 Å². The fraction of sp³-hybridized carbons (Fsp3) is 1.00. The molecule has 0 bridgehead atoms. The molecular formula is C11H26N2.